The maximum atomic E-state index is 12.6. The zero-order valence-corrected chi connectivity index (χ0v) is 31.5. The fourth-order valence-electron chi connectivity index (χ4n) is 4.94. The van der Waals surface area contributed by atoms with Crippen molar-refractivity contribution in [3.05, 3.63) is 114 Å². The van der Waals surface area contributed by atoms with Crippen molar-refractivity contribution in [3.8, 4) is 0 Å². The maximum absolute atomic E-state index is 12.6. The largest absolute Gasteiger partial charge is 0.467 e. The lowest BCUT2D eigenvalue weighted by Crippen LogP contribution is -2.42. The normalized spacial score (nSPS) is 15.4. The number of rotatable bonds is 7. The van der Waals surface area contributed by atoms with Crippen molar-refractivity contribution < 1.29 is 57.6 Å². The summed E-state index contributed by atoms with van der Waals surface area (Å²) in [4.78, 5) is 86.4. The molecule has 294 valence electrons. The molecular formula is C36H39ClN4O14. The highest BCUT2D eigenvalue weighted by molar-refractivity contribution is 6.68. The van der Waals surface area contributed by atoms with Crippen LogP contribution in [0, 0.1) is 47.9 Å². The molecular weight excluding hydrogens is 748 g/mol. The highest BCUT2D eigenvalue weighted by Gasteiger charge is 2.38. The zero-order chi connectivity index (χ0) is 41.4. The van der Waals surface area contributed by atoms with Crippen LogP contribution in [0.1, 0.15) is 55.5 Å². The number of nitro benzene ring substituents is 2. The molecule has 2 saturated heterocycles. The average Bonchev–Trinajstić information content (AvgIpc) is 3.82. The van der Waals surface area contributed by atoms with E-state index >= 15 is 0 Å². The number of aryl methyl sites for hydroxylation is 4. The number of nitrogens with zero attached hydrogens (tertiary/aromatic N) is 4. The average molecular weight is 787 g/mol. The summed E-state index contributed by atoms with van der Waals surface area (Å²) in [5.74, 6) is -1.24. The van der Waals surface area contributed by atoms with Crippen molar-refractivity contribution in [2.45, 2.75) is 53.3 Å². The van der Waals surface area contributed by atoms with Crippen molar-refractivity contribution in [2.75, 3.05) is 33.8 Å². The number of carbonyl (C=O) groups is 4. The first kappa shape index (κ1) is 45.1. The van der Waals surface area contributed by atoms with E-state index in [0.29, 0.717) is 25.5 Å². The second-order valence-corrected chi connectivity index (χ2v) is 12.3. The zero-order valence-electron chi connectivity index (χ0n) is 30.8. The molecule has 0 unspecified atom stereocenters. The topological polar surface area (TPSA) is 232 Å². The molecule has 2 fully saturated rings. The van der Waals surface area contributed by atoms with Crippen LogP contribution in [0.25, 0.3) is 0 Å². The molecule has 19 heteroatoms. The van der Waals surface area contributed by atoms with Crippen LogP contribution in [-0.4, -0.2) is 94.9 Å². The molecule has 55 heavy (non-hydrogen) atoms. The fourth-order valence-corrected chi connectivity index (χ4v) is 5.09. The minimum atomic E-state index is -0.890. The van der Waals surface area contributed by atoms with E-state index in [4.69, 9.17) is 35.4 Å². The third-order valence-corrected chi connectivity index (χ3v) is 8.44. The van der Waals surface area contributed by atoms with E-state index in [9.17, 15) is 39.4 Å². The van der Waals surface area contributed by atoms with E-state index in [2.05, 4.69) is 4.74 Å². The highest BCUT2D eigenvalue weighted by atomic mass is 35.5. The lowest BCUT2D eigenvalue weighted by Gasteiger charge is -2.20. The summed E-state index contributed by atoms with van der Waals surface area (Å²) < 4.78 is 20.1. The second kappa shape index (κ2) is 21.6. The SMILES string of the molecule is COC(=O)[C@@H]1COCN1C(=O)c1cc(C)c(C)cc1[N+](=O)[O-].C[C@@H]1COCN1C(=O)OCc1ccccc1.Cc1cc(C(=O)Cl)c([N+](=O)[O-])cc1C.O=C=O. The van der Waals surface area contributed by atoms with Gasteiger partial charge in [-0.15, -0.1) is 0 Å². The number of ether oxygens (including phenoxy) is 4. The standard InChI is InChI=1S/C14H16N2O6.C12H15NO3.C9H8ClNO3.CO2/c1-8-4-10(11(16(19)20)5-9(8)2)13(17)15-7-22-6-12(15)14(18)21-3;1-10-7-15-9-13(10)12(14)16-8-11-5-3-2-4-6-11;1-5-3-7(9(10)12)8(11(13)14)4-6(5)2;2-1-3/h4-5,12H,6-7H2,1-3H3;2-6,10H,7-9H2,1H3;3-4H,1-2H3;/t12-;10-;;/m01../s1. The number of nitro groups is 2. The van der Waals surface area contributed by atoms with Crippen LogP contribution in [-0.2, 0) is 39.9 Å². The second-order valence-electron chi connectivity index (χ2n) is 12.0. The van der Waals surface area contributed by atoms with Crippen LogP contribution in [0.2, 0.25) is 0 Å². The first-order valence-electron chi connectivity index (χ1n) is 16.2. The molecule has 0 spiro atoms. The minimum Gasteiger partial charge on any atom is -0.467 e. The summed E-state index contributed by atoms with van der Waals surface area (Å²) in [6, 6.07) is 14.4. The third kappa shape index (κ3) is 12.8. The van der Waals surface area contributed by atoms with E-state index in [1.807, 2.05) is 37.3 Å². The van der Waals surface area contributed by atoms with Gasteiger partial charge in [0.1, 0.15) is 31.2 Å². The van der Waals surface area contributed by atoms with Gasteiger partial charge in [-0.2, -0.15) is 9.59 Å². The fraction of sp³-hybridized carbons (Fsp3) is 0.361. The summed E-state index contributed by atoms with van der Waals surface area (Å²) >= 11 is 5.23. The number of halogens is 1. The molecule has 2 heterocycles. The predicted octanol–water partition coefficient (Wildman–Crippen LogP) is 5.19. The van der Waals surface area contributed by atoms with Crippen LogP contribution in [0.3, 0.4) is 0 Å². The maximum Gasteiger partial charge on any atom is 0.412 e. The highest BCUT2D eigenvalue weighted by Crippen LogP contribution is 2.27. The summed E-state index contributed by atoms with van der Waals surface area (Å²) in [6.45, 7) is 10.1. The van der Waals surface area contributed by atoms with Gasteiger partial charge in [0.05, 0.1) is 36.2 Å². The summed E-state index contributed by atoms with van der Waals surface area (Å²) in [5.41, 5.74) is 3.37. The Morgan fingerprint density at radius 1 is 0.818 bits per heavy atom. The smallest absolute Gasteiger partial charge is 0.412 e. The van der Waals surface area contributed by atoms with Crippen molar-refractivity contribution in [1.29, 1.82) is 0 Å². The summed E-state index contributed by atoms with van der Waals surface area (Å²) in [6.07, 6.45) is -0.0612. The van der Waals surface area contributed by atoms with Crippen LogP contribution >= 0.6 is 11.6 Å². The van der Waals surface area contributed by atoms with Crippen molar-refractivity contribution in [1.82, 2.24) is 9.80 Å². The Labute approximate surface area is 320 Å². The lowest BCUT2D eigenvalue weighted by atomic mass is 10.0. The third-order valence-electron chi connectivity index (χ3n) is 8.24. The Morgan fingerprint density at radius 2 is 1.29 bits per heavy atom. The Kier molecular flexibility index (Phi) is 17.7. The lowest BCUT2D eigenvalue weighted by molar-refractivity contribution is -0.385. The van der Waals surface area contributed by atoms with E-state index in [1.165, 1.54) is 31.4 Å². The van der Waals surface area contributed by atoms with Crippen molar-refractivity contribution in [2.24, 2.45) is 0 Å². The van der Waals surface area contributed by atoms with Gasteiger partial charge >= 0.3 is 18.2 Å². The van der Waals surface area contributed by atoms with Gasteiger partial charge in [-0.1, -0.05) is 30.3 Å². The number of carbonyl (C=O) groups excluding carboxylic acids is 6. The van der Waals surface area contributed by atoms with Crippen LogP contribution in [0.5, 0.6) is 0 Å². The van der Waals surface area contributed by atoms with E-state index < -0.39 is 33.0 Å². The molecule has 0 N–H and O–H groups in total. The van der Waals surface area contributed by atoms with Gasteiger partial charge in [0, 0.05) is 12.1 Å². The minimum absolute atomic E-state index is 0.0110. The van der Waals surface area contributed by atoms with Crippen LogP contribution in [0.4, 0.5) is 16.2 Å². The predicted molar refractivity (Wildman–Crippen MR) is 192 cm³/mol. The number of amides is 2. The van der Waals surface area contributed by atoms with E-state index in [-0.39, 0.29) is 54.1 Å². The number of hydrogen-bond acceptors (Lipinski definition) is 14. The molecule has 2 amide bonds. The molecule has 3 aromatic carbocycles. The molecule has 0 bridgehead atoms. The number of methoxy groups -OCH3 is 1. The first-order chi connectivity index (χ1) is 26.0. The molecule has 0 saturated carbocycles. The first-order valence-corrected chi connectivity index (χ1v) is 16.6. The van der Waals surface area contributed by atoms with Crippen LogP contribution < -0.4 is 0 Å². The van der Waals surface area contributed by atoms with Gasteiger partial charge in [-0.05, 0) is 86.2 Å². The summed E-state index contributed by atoms with van der Waals surface area (Å²) in [5, 5.41) is 21.0. The Morgan fingerprint density at radius 3 is 1.76 bits per heavy atom. The molecule has 3 aromatic rings. The monoisotopic (exact) mass is 786 g/mol. The molecule has 18 nitrogen and oxygen atoms in total. The van der Waals surface area contributed by atoms with Gasteiger partial charge in [0.15, 0.2) is 6.04 Å². The molecule has 0 aliphatic carbocycles. The van der Waals surface area contributed by atoms with Gasteiger partial charge in [-0.3, -0.25) is 39.6 Å². The number of esters is 1. The quantitative estimate of drug-likeness (QED) is 0.130. The van der Waals surface area contributed by atoms with E-state index in [0.717, 1.165) is 27.2 Å². The molecule has 2 atom stereocenters. The van der Waals surface area contributed by atoms with Gasteiger partial charge in [0.2, 0.25) is 0 Å². The molecule has 2 aliphatic heterocycles. The number of hydrogen-bond donors (Lipinski definition) is 0. The Balaban J connectivity index is 0.000000282. The molecule has 2 aliphatic rings. The van der Waals surface area contributed by atoms with Gasteiger partial charge in [-0.25, -0.2) is 9.59 Å². The van der Waals surface area contributed by atoms with Crippen LogP contribution in [0.15, 0.2) is 54.6 Å². The van der Waals surface area contributed by atoms with Gasteiger partial charge < -0.3 is 18.9 Å². The van der Waals surface area contributed by atoms with E-state index in [1.54, 1.807) is 32.6 Å². The van der Waals surface area contributed by atoms with Crippen molar-refractivity contribution >= 4 is 52.3 Å². The van der Waals surface area contributed by atoms with Gasteiger partial charge in [0.25, 0.3) is 22.5 Å². The molecule has 5 rings (SSSR count). The Bertz CT molecular complexity index is 1880. The molecule has 0 radical (unpaired) electrons. The molecule has 0 aromatic heterocycles. The number of benzene rings is 3. The Hall–Kier alpha value is -6.07. The van der Waals surface area contributed by atoms with Crippen molar-refractivity contribution in [3.63, 3.8) is 0 Å². The summed E-state index contributed by atoms with van der Waals surface area (Å²) in [7, 11) is 1.21.